The molecule has 1 aliphatic rings. The second kappa shape index (κ2) is 59.4. The number of thiol groups is 2. The lowest BCUT2D eigenvalue weighted by Gasteiger charge is -2.30. The third-order valence-electron chi connectivity index (χ3n) is 20.7. The van der Waals surface area contributed by atoms with E-state index < -0.39 is 273 Å². The molecule has 31 N–H and O–H groups in total. The average molecular weight is 1860 g/mol. The lowest BCUT2D eigenvalue weighted by Crippen LogP contribution is -2.61. The Morgan fingerprint density at radius 3 is 1.33 bits per heavy atom. The summed E-state index contributed by atoms with van der Waals surface area (Å²) >= 11 is 8.60. The molecule has 1 aromatic carbocycles. The van der Waals surface area contributed by atoms with Crippen molar-refractivity contribution < 1.29 is 102 Å². The van der Waals surface area contributed by atoms with E-state index in [2.05, 4.69) is 136 Å². The molecule has 49 heteroatoms. The predicted octanol–water partition coefficient (Wildman–Crippen LogP) is -8.11. The van der Waals surface area contributed by atoms with Crippen LogP contribution in [0, 0.1) is 34.5 Å². The number of Topliss-reactive ketones (excluding diaryl/α,β-unsaturated/α-hetero) is 2. The number of guanidine groups is 2. The normalized spacial score (nSPS) is 24.8. The zero-order valence-corrected chi connectivity index (χ0v) is 75.7. The number of H-pyrrole nitrogens is 1. The quantitative estimate of drug-likeness (QED) is 0.0156. The molecule has 2 heterocycles. The Labute approximate surface area is 758 Å². The topological polar surface area (TPSA) is 751 Å². The fourth-order valence-corrected chi connectivity index (χ4v) is 13.5. The molecule has 0 bridgehead atoms. The number of hydrazine groups is 1. The summed E-state index contributed by atoms with van der Waals surface area (Å²) in [4.78, 5) is 260. The number of aromatic nitrogens is 2. The molecular weight excluding hydrogens is 1730 g/mol. The number of carbonyl (C=O) groups is 18. The number of carboxylic acid groups (broad SMARTS) is 1. The van der Waals surface area contributed by atoms with E-state index in [0.29, 0.717) is 17.7 Å². The van der Waals surface area contributed by atoms with Gasteiger partial charge in [-0.1, -0.05) is 98.6 Å². The highest BCUT2D eigenvalue weighted by Crippen LogP contribution is 2.17. The highest BCUT2D eigenvalue weighted by Gasteiger charge is 2.40. The molecule has 1 aliphatic heterocycles. The fourth-order valence-electron chi connectivity index (χ4n) is 12.9. The monoisotopic (exact) mass is 1860 g/mol. The van der Waals surface area contributed by atoms with Gasteiger partial charge in [0.15, 0.2) is 23.5 Å². The molecule has 0 spiro atoms. The first-order valence-electron chi connectivity index (χ1n) is 42.7. The molecule has 129 heavy (non-hydrogen) atoms. The summed E-state index contributed by atoms with van der Waals surface area (Å²) in [6.07, 6.45) is 0.572. The van der Waals surface area contributed by atoms with Crippen LogP contribution in [-0.4, -0.2) is 292 Å². The minimum Gasteiger partial charge on any atom is -0.481 e. The third-order valence-corrected chi connectivity index (χ3v) is 21.4. The van der Waals surface area contributed by atoms with E-state index in [1.54, 1.807) is 71.9 Å². The average Bonchev–Trinajstić information content (AvgIpc) is 0.894. The van der Waals surface area contributed by atoms with Crippen LogP contribution in [0.2, 0.25) is 0 Å². The van der Waals surface area contributed by atoms with Crippen LogP contribution in [0.1, 0.15) is 150 Å². The van der Waals surface area contributed by atoms with Crippen molar-refractivity contribution in [3.63, 3.8) is 0 Å². The number of imidazole rings is 1. The van der Waals surface area contributed by atoms with Crippen LogP contribution in [0.15, 0.2) is 42.9 Å². The van der Waals surface area contributed by atoms with E-state index in [1.165, 1.54) is 26.4 Å². The highest BCUT2D eigenvalue weighted by molar-refractivity contribution is 7.80. The predicted molar refractivity (Wildman–Crippen MR) is 476 cm³/mol. The Morgan fingerprint density at radius 2 is 0.860 bits per heavy atom. The van der Waals surface area contributed by atoms with Gasteiger partial charge in [0.2, 0.25) is 88.6 Å². The van der Waals surface area contributed by atoms with Gasteiger partial charge in [-0.15, -0.1) is 0 Å². The molecule has 15 amide bonds. The standard InChI is InChI=1S/C80H132N26O21S2/c1-9-43(7)65-76(125)91-35-61(112)94-54(36-107)75(124)102-64(42(5)6)77(126)101-55(37-108)74(123)98-48(21-16-26-87-79(82)83)69(118)99-50(28-41(3)4)67(116)89-34-62(113)95-56(38-128)58(109)23-24-59(110)57(39-129)106-105-53(29-45-18-12-11-13-19-45)68(117)90-33-60(111)93-51(30-46-32-86-40-92-46)72(121)96-47(20-14-15-25-81)70(119)104-66(44(8)10-2)78(127)100-52(31-63(114)115)73(122)97-49(71(120)103-65)22-17-27-88-80(84)85/h11-13,18-19,32,40-44,47-57,64-66,105-108,128-129H,9-10,14-17,20-31,33-39,81H2,1-8H3,(H,86,92)(H,89,116)(H,90,117)(H,91,125)(H,93,111)(H,94,112)(H,95,113)(H,96,121)(H,97,122)(H,98,123)(H,99,118)(H,100,127)(H,101,126)(H,102,124)(H,103,120)(H,104,119)(H,114,115)(H4,82,83,87)(H4,84,85,88)/t43-,44-,47-,48-,49-,50-,51-,52-,53-,54-,55-,56-,57-,64-,65-,66-/m0/s1. The van der Waals surface area contributed by atoms with Crippen molar-refractivity contribution in [3.05, 3.63) is 54.1 Å². The number of aromatic amines is 1. The molecule has 0 radical (unpaired) electrons. The van der Waals surface area contributed by atoms with E-state index >= 15 is 0 Å². The summed E-state index contributed by atoms with van der Waals surface area (Å²) < 4.78 is 0. The maximum atomic E-state index is 14.7. The first-order valence-corrected chi connectivity index (χ1v) is 43.9. The Hall–Kier alpha value is -11.7. The number of aliphatic hydroxyl groups is 2. The van der Waals surface area contributed by atoms with Gasteiger partial charge < -0.3 is 128 Å². The number of hydrogen-bond acceptors (Lipinski definition) is 28. The number of nitrogens with zero attached hydrogens (tertiary/aromatic N) is 1. The molecule has 0 aliphatic carbocycles. The summed E-state index contributed by atoms with van der Waals surface area (Å²) in [5.74, 6) is -22.2. The molecule has 47 nitrogen and oxygen atoms in total. The molecule has 1 aromatic heterocycles. The molecular formula is C80H132N26O21S2. The molecule has 0 saturated carbocycles. The smallest absolute Gasteiger partial charge is 0.305 e. The van der Waals surface area contributed by atoms with Crippen LogP contribution < -0.4 is 118 Å². The highest BCUT2D eigenvalue weighted by atomic mass is 32.1. The van der Waals surface area contributed by atoms with Crippen LogP contribution >= 0.6 is 25.3 Å². The summed E-state index contributed by atoms with van der Waals surface area (Å²) in [6, 6.07) is -13.1. The second-order valence-electron chi connectivity index (χ2n) is 31.9. The van der Waals surface area contributed by atoms with Crippen molar-refractivity contribution in [2.45, 2.75) is 236 Å². The molecule has 720 valence electrons. The fraction of sp³-hybridized carbons (Fsp3) is 0.637. The lowest BCUT2D eigenvalue weighted by molar-refractivity contribution is -0.142. The summed E-state index contributed by atoms with van der Waals surface area (Å²) in [5, 5.41) is 88.5. The summed E-state index contributed by atoms with van der Waals surface area (Å²) in [7, 11) is 0. The third kappa shape index (κ3) is 41.5. The number of amides is 15. The number of unbranched alkanes of at least 4 members (excludes halogenated alkanes) is 1. The zero-order valence-electron chi connectivity index (χ0n) is 73.9. The van der Waals surface area contributed by atoms with E-state index in [0.717, 1.165) is 0 Å². The number of benzene rings is 1. The zero-order chi connectivity index (χ0) is 96.6. The molecule has 2 aromatic rings. The van der Waals surface area contributed by atoms with E-state index in [9.17, 15) is 102 Å². The summed E-state index contributed by atoms with van der Waals surface area (Å²) in [5.41, 5.74) is 23.4. The van der Waals surface area contributed by atoms with Crippen molar-refractivity contribution in [1.82, 2.24) is 111 Å². The lowest BCUT2D eigenvalue weighted by atomic mass is 9.96. The van der Waals surface area contributed by atoms with Crippen LogP contribution in [-0.2, 0) is 99.1 Å². The number of carbonyl (C=O) groups excluding carboxylic acids is 17. The van der Waals surface area contributed by atoms with Crippen molar-refractivity contribution in [3.8, 4) is 0 Å². The maximum absolute atomic E-state index is 14.7. The van der Waals surface area contributed by atoms with Gasteiger partial charge >= 0.3 is 5.97 Å². The van der Waals surface area contributed by atoms with Crippen molar-refractivity contribution in [2.24, 2.45) is 40.9 Å². The summed E-state index contributed by atoms with van der Waals surface area (Å²) in [6.45, 7) is 8.17. The minimum atomic E-state index is -2.00. The van der Waals surface area contributed by atoms with E-state index in [1.807, 2.05) is 0 Å². The van der Waals surface area contributed by atoms with Gasteiger partial charge in [0.25, 0.3) is 0 Å². The SMILES string of the molecule is CC[C@H](C)[C@@H]1NC(=O)[C@H](CCCNC(=N)N)NC(=O)[C@H](CC(=O)O)NC(=O)[C@H]([C@@H](C)CC)NC(=O)[C@H](CCCCN)NC(=O)[C@H](Cc2cnc[nH]2)NC(=O)CNC(=O)[C@H](Cc2ccccc2)NN[C@@H](CS)C(=O)CCC(=O)[C@H](CS)NC(=O)CNC(=O)[C@H](CC(C)C)NC(=O)[C@H](CCCNC(=N)N)NC(=O)[C@H](CO)NC(=O)[C@H](C(C)C)NC(=O)[C@H](CO)NC(=O)CNC1=O. The largest absolute Gasteiger partial charge is 0.481 e. The molecule has 16 atom stereocenters. The Bertz CT molecular complexity index is 4080. The number of aliphatic hydroxyl groups excluding tert-OH is 2. The van der Waals surface area contributed by atoms with Crippen LogP contribution in [0.25, 0.3) is 0 Å². The number of aliphatic carboxylic acids is 1. The molecule has 1 fully saturated rings. The number of nitrogens with two attached hydrogens (primary N) is 3. The molecule has 1 saturated heterocycles. The first kappa shape index (κ1) is 112. The van der Waals surface area contributed by atoms with Gasteiger partial charge in [-0.3, -0.25) is 97.1 Å². The van der Waals surface area contributed by atoms with Crippen LogP contribution in [0.4, 0.5) is 0 Å². The first-order chi connectivity index (χ1) is 61.1. The van der Waals surface area contributed by atoms with Crippen LogP contribution in [0.5, 0.6) is 0 Å². The van der Waals surface area contributed by atoms with E-state index in [4.69, 9.17) is 28.0 Å². The van der Waals surface area contributed by atoms with Gasteiger partial charge in [0, 0.05) is 55.7 Å². The van der Waals surface area contributed by atoms with Crippen molar-refractivity contribution in [1.29, 1.82) is 10.8 Å². The number of rotatable bonds is 29. The molecule has 0 unspecified atom stereocenters. The number of carboxylic acids is 1. The van der Waals surface area contributed by atoms with Gasteiger partial charge in [-0.2, -0.15) is 25.3 Å². The maximum Gasteiger partial charge on any atom is 0.305 e. The Morgan fingerprint density at radius 1 is 0.465 bits per heavy atom. The van der Waals surface area contributed by atoms with Gasteiger partial charge in [0.1, 0.15) is 72.5 Å². The molecule has 3 rings (SSSR count). The Balaban J connectivity index is 2.18. The van der Waals surface area contributed by atoms with Gasteiger partial charge in [-0.25, -0.2) is 15.8 Å². The van der Waals surface area contributed by atoms with E-state index in [-0.39, 0.29) is 108 Å². The number of nitrogens with one attached hydrogen (secondary N) is 22. The Kier molecular flexibility index (Phi) is 51.4. The van der Waals surface area contributed by atoms with Gasteiger partial charge in [0.05, 0.1) is 57.7 Å². The van der Waals surface area contributed by atoms with Gasteiger partial charge in [-0.05, 0) is 93.6 Å². The van der Waals surface area contributed by atoms with Crippen LogP contribution in [0.3, 0.4) is 0 Å². The van der Waals surface area contributed by atoms with Crippen molar-refractivity contribution in [2.75, 3.05) is 64.0 Å². The van der Waals surface area contributed by atoms with Crippen molar-refractivity contribution >= 4 is 143 Å². The minimum absolute atomic E-state index is 0.0107. The number of ketones is 2. The second-order valence-corrected chi connectivity index (χ2v) is 32.6. The number of hydrogen-bond donors (Lipinski definition) is 30.